The number of hydrogen-bond acceptors (Lipinski definition) is 2. The van der Waals surface area contributed by atoms with Crippen LogP contribution in [0.25, 0.3) is 0 Å². The maximum atomic E-state index is 13.1. The average Bonchev–Trinajstić information content (AvgIpc) is 2.90. The smallest absolute Gasteiger partial charge is 0.219 e. The number of amides is 1. The van der Waals surface area contributed by atoms with Crippen LogP contribution in [0.1, 0.15) is 18.9 Å². The maximum absolute atomic E-state index is 13.1. The van der Waals surface area contributed by atoms with Crippen molar-refractivity contribution in [1.29, 1.82) is 0 Å². The molecule has 20 heavy (non-hydrogen) atoms. The van der Waals surface area contributed by atoms with Crippen LogP contribution < -0.4 is 0 Å². The summed E-state index contributed by atoms with van der Waals surface area (Å²) in [5.41, 5.74) is 0.808. The zero-order chi connectivity index (χ0) is 14.4. The van der Waals surface area contributed by atoms with E-state index < -0.39 is 0 Å². The number of aryl methyl sites for hydroxylation is 1. The lowest BCUT2D eigenvalue weighted by Crippen LogP contribution is -2.29. The molecule has 0 aliphatic carbocycles. The molecule has 2 rings (SSSR count). The SMILES string of the molecule is CC(=O)N(CCCn1ccnc1)Cc1cccc(F)c1. The molecule has 0 fully saturated rings. The molecule has 0 radical (unpaired) electrons. The first-order valence-corrected chi connectivity index (χ1v) is 6.61. The minimum absolute atomic E-state index is 0.0000997. The third kappa shape index (κ3) is 4.19. The largest absolute Gasteiger partial charge is 0.339 e. The molecule has 0 bridgehead atoms. The number of aromatic nitrogens is 2. The first-order chi connectivity index (χ1) is 9.65. The Morgan fingerprint density at radius 3 is 2.95 bits per heavy atom. The molecule has 0 saturated carbocycles. The number of benzene rings is 1. The Morgan fingerprint density at radius 1 is 1.45 bits per heavy atom. The second-order valence-electron chi connectivity index (χ2n) is 4.72. The van der Waals surface area contributed by atoms with Crippen LogP contribution >= 0.6 is 0 Å². The molecule has 5 heteroatoms. The summed E-state index contributed by atoms with van der Waals surface area (Å²) in [6, 6.07) is 6.36. The minimum atomic E-state index is -0.274. The van der Waals surface area contributed by atoms with Crippen LogP contribution in [0, 0.1) is 5.82 Å². The highest BCUT2D eigenvalue weighted by Gasteiger charge is 2.09. The van der Waals surface area contributed by atoms with Gasteiger partial charge in [-0.15, -0.1) is 0 Å². The Morgan fingerprint density at radius 2 is 2.30 bits per heavy atom. The second-order valence-corrected chi connectivity index (χ2v) is 4.72. The number of hydrogen-bond donors (Lipinski definition) is 0. The lowest BCUT2D eigenvalue weighted by molar-refractivity contribution is -0.129. The van der Waals surface area contributed by atoms with Crippen molar-refractivity contribution in [3.05, 3.63) is 54.4 Å². The molecule has 0 unspecified atom stereocenters. The third-order valence-corrected chi connectivity index (χ3v) is 3.11. The van der Waals surface area contributed by atoms with Crippen molar-refractivity contribution >= 4 is 5.91 Å². The fourth-order valence-electron chi connectivity index (χ4n) is 2.07. The predicted octanol–water partition coefficient (Wildman–Crippen LogP) is 2.46. The van der Waals surface area contributed by atoms with Crippen molar-refractivity contribution in [3.8, 4) is 0 Å². The van der Waals surface area contributed by atoms with Gasteiger partial charge in [-0.2, -0.15) is 0 Å². The predicted molar refractivity (Wildman–Crippen MR) is 74.3 cm³/mol. The maximum Gasteiger partial charge on any atom is 0.219 e. The van der Waals surface area contributed by atoms with Gasteiger partial charge in [0.15, 0.2) is 0 Å². The topological polar surface area (TPSA) is 38.1 Å². The molecular weight excluding hydrogens is 257 g/mol. The van der Waals surface area contributed by atoms with Crippen molar-refractivity contribution in [2.24, 2.45) is 0 Å². The number of carbonyl (C=O) groups excluding carboxylic acids is 1. The molecule has 0 aliphatic rings. The van der Waals surface area contributed by atoms with Crippen molar-refractivity contribution in [1.82, 2.24) is 14.5 Å². The van der Waals surface area contributed by atoms with Crippen molar-refractivity contribution < 1.29 is 9.18 Å². The van der Waals surface area contributed by atoms with E-state index in [-0.39, 0.29) is 11.7 Å². The van der Waals surface area contributed by atoms with Crippen LogP contribution in [-0.2, 0) is 17.9 Å². The monoisotopic (exact) mass is 275 g/mol. The summed E-state index contributed by atoms with van der Waals surface area (Å²) in [6.07, 6.45) is 6.22. The highest BCUT2D eigenvalue weighted by atomic mass is 19.1. The van der Waals surface area contributed by atoms with Gasteiger partial charge >= 0.3 is 0 Å². The van der Waals surface area contributed by atoms with Gasteiger partial charge in [-0.25, -0.2) is 9.37 Å². The van der Waals surface area contributed by atoms with Crippen LogP contribution in [0.5, 0.6) is 0 Å². The summed E-state index contributed by atoms with van der Waals surface area (Å²) in [5, 5.41) is 0. The van der Waals surface area contributed by atoms with E-state index in [1.165, 1.54) is 19.1 Å². The third-order valence-electron chi connectivity index (χ3n) is 3.11. The molecule has 0 saturated heterocycles. The Kier molecular flexibility index (Phi) is 4.87. The molecule has 1 aromatic heterocycles. The highest BCUT2D eigenvalue weighted by molar-refractivity contribution is 5.73. The van der Waals surface area contributed by atoms with Gasteiger partial charge in [-0.1, -0.05) is 12.1 Å². The first kappa shape index (κ1) is 14.2. The summed E-state index contributed by atoms with van der Waals surface area (Å²) in [6.45, 7) is 3.44. The normalized spacial score (nSPS) is 10.5. The number of nitrogens with zero attached hydrogens (tertiary/aromatic N) is 3. The van der Waals surface area contributed by atoms with Crippen LogP contribution in [0.3, 0.4) is 0 Å². The highest BCUT2D eigenvalue weighted by Crippen LogP contribution is 2.08. The molecule has 106 valence electrons. The number of halogens is 1. The fraction of sp³-hybridized carbons (Fsp3) is 0.333. The summed E-state index contributed by atoms with van der Waals surface area (Å²) in [5.74, 6) is -0.274. The number of imidazole rings is 1. The molecule has 4 nitrogen and oxygen atoms in total. The van der Waals surface area contributed by atoms with E-state index in [4.69, 9.17) is 0 Å². The van der Waals surface area contributed by atoms with E-state index in [0.717, 1.165) is 18.5 Å². The zero-order valence-electron chi connectivity index (χ0n) is 11.5. The van der Waals surface area contributed by atoms with Crippen molar-refractivity contribution in [3.63, 3.8) is 0 Å². The van der Waals surface area contributed by atoms with E-state index in [0.29, 0.717) is 13.1 Å². The van der Waals surface area contributed by atoms with E-state index in [1.807, 2.05) is 16.8 Å². The van der Waals surface area contributed by atoms with E-state index >= 15 is 0 Å². The molecular formula is C15H18FN3O. The Labute approximate surface area is 117 Å². The summed E-state index contributed by atoms with van der Waals surface area (Å²) in [4.78, 5) is 17.3. The van der Waals surface area contributed by atoms with Gasteiger partial charge in [0.1, 0.15) is 5.82 Å². The summed E-state index contributed by atoms with van der Waals surface area (Å²) < 4.78 is 15.1. The van der Waals surface area contributed by atoms with Crippen molar-refractivity contribution in [2.75, 3.05) is 6.54 Å². The van der Waals surface area contributed by atoms with Gasteiger partial charge in [0.25, 0.3) is 0 Å². The number of rotatable bonds is 6. The molecule has 0 atom stereocenters. The number of carbonyl (C=O) groups is 1. The lowest BCUT2D eigenvalue weighted by Gasteiger charge is -2.21. The van der Waals surface area contributed by atoms with Gasteiger partial charge in [0, 0.05) is 39.0 Å². The minimum Gasteiger partial charge on any atom is -0.339 e. The Hall–Kier alpha value is -2.17. The van der Waals surface area contributed by atoms with Crippen molar-refractivity contribution in [2.45, 2.75) is 26.4 Å². The average molecular weight is 275 g/mol. The quantitative estimate of drug-likeness (QED) is 0.812. The second kappa shape index (κ2) is 6.84. The van der Waals surface area contributed by atoms with Crippen LogP contribution in [-0.4, -0.2) is 26.9 Å². The van der Waals surface area contributed by atoms with E-state index in [9.17, 15) is 9.18 Å². The van der Waals surface area contributed by atoms with Crippen LogP contribution in [0.2, 0.25) is 0 Å². The van der Waals surface area contributed by atoms with E-state index in [1.54, 1.807) is 23.5 Å². The molecule has 0 N–H and O–H groups in total. The molecule has 1 amide bonds. The fourth-order valence-corrected chi connectivity index (χ4v) is 2.07. The van der Waals surface area contributed by atoms with Gasteiger partial charge in [-0.3, -0.25) is 4.79 Å². The zero-order valence-corrected chi connectivity index (χ0v) is 11.5. The van der Waals surface area contributed by atoms with Crippen LogP contribution in [0.4, 0.5) is 4.39 Å². The molecule has 1 aromatic carbocycles. The Balaban J connectivity index is 1.88. The van der Waals surface area contributed by atoms with Gasteiger partial charge in [0.2, 0.25) is 5.91 Å². The van der Waals surface area contributed by atoms with E-state index in [2.05, 4.69) is 4.98 Å². The van der Waals surface area contributed by atoms with Gasteiger partial charge < -0.3 is 9.47 Å². The Bertz CT molecular complexity index is 554. The molecule has 2 aromatic rings. The van der Waals surface area contributed by atoms with Gasteiger partial charge in [0.05, 0.1) is 6.33 Å². The standard InChI is InChI=1S/C15H18FN3O/c1-13(20)19(8-3-7-18-9-6-17-12-18)11-14-4-2-5-15(16)10-14/h2,4-6,9-10,12H,3,7-8,11H2,1H3. The molecule has 1 heterocycles. The van der Waals surface area contributed by atoms with Gasteiger partial charge in [-0.05, 0) is 24.1 Å². The lowest BCUT2D eigenvalue weighted by atomic mass is 10.2. The summed E-state index contributed by atoms with van der Waals surface area (Å²) >= 11 is 0. The first-order valence-electron chi connectivity index (χ1n) is 6.61. The molecule has 0 spiro atoms. The summed E-state index contributed by atoms with van der Waals surface area (Å²) in [7, 11) is 0. The van der Waals surface area contributed by atoms with Crippen LogP contribution in [0.15, 0.2) is 43.0 Å². The molecule has 0 aliphatic heterocycles.